The van der Waals surface area contributed by atoms with Gasteiger partial charge in [-0.2, -0.15) is 0 Å². The van der Waals surface area contributed by atoms with Crippen LogP contribution in [-0.2, 0) is 7.05 Å². The summed E-state index contributed by atoms with van der Waals surface area (Å²) in [4.78, 5) is 33.5. The summed E-state index contributed by atoms with van der Waals surface area (Å²) in [5, 5.41) is 5.35. The molecule has 0 radical (unpaired) electrons. The molecule has 0 aliphatic carbocycles. The minimum absolute atomic E-state index is 0.199. The van der Waals surface area contributed by atoms with Gasteiger partial charge in [-0.15, -0.1) is 11.3 Å². The summed E-state index contributed by atoms with van der Waals surface area (Å²) in [5.74, 6) is -0.271. The van der Waals surface area contributed by atoms with E-state index in [2.05, 4.69) is 15.3 Å². The number of rotatable bonds is 3. The van der Waals surface area contributed by atoms with Gasteiger partial charge < -0.3 is 10.3 Å². The molecule has 0 atom stereocenters. The Balaban J connectivity index is 1.39. The van der Waals surface area contributed by atoms with Crippen LogP contribution in [0.1, 0.15) is 10.4 Å². The van der Waals surface area contributed by atoms with E-state index in [1.54, 1.807) is 36.6 Å². The van der Waals surface area contributed by atoms with E-state index in [-0.39, 0.29) is 11.5 Å². The number of H-pyrrole nitrogens is 1. The molecule has 0 spiro atoms. The van der Waals surface area contributed by atoms with Gasteiger partial charge >= 0.3 is 0 Å². The van der Waals surface area contributed by atoms with Crippen molar-refractivity contribution in [2.24, 2.45) is 7.05 Å². The first-order chi connectivity index (χ1) is 14.5. The standard InChI is InChI=1S/C21H15N5O2S2/c1-25-19(28)15-7-4-13(10-16(15)23-20(25)29)18(27)22-14-5-2-12(3-6-14)17-11-26-8-9-30-21(26)24-17/h2-11H,1H3,(H,22,27)(H,23,29). The number of amides is 1. The zero-order chi connectivity index (χ0) is 20.8. The number of carbonyl (C=O) groups is 1. The van der Waals surface area contributed by atoms with Crippen LogP contribution in [0.15, 0.2) is 65.0 Å². The Kier molecular flexibility index (Phi) is 4.34. The van der Waals surface area contributed by atoms with Crippen molar-refractivity contribution in [3.05, 3.63) is 80.9 Å². The first-order valence-electron chi connectivity index (χ1n) is 9.07. The molecule has 7 nitrogen and oxygen atoms in total. The number of hydrogen-bond acceptors (Lipinski definition) is 5. The molecule has 5 aromatic rings. The summed E-state index contributed by atoms with van der Waals surface area (Å²) in [6.07, 6.45) is 3.94. The van der Waals surface area contributed by atoms with E-state index >= 15 is 0 Å². The summed E-state index contributed by atoms with van der Waals surface area (Å²) in [5.41, 5.74) is 3.28. The SMILES string of the molecule is Cn1c(=S)[nH]c2cc(C(=O)Nc3ccc(-c4cn5ccsc5n4)cc3)ccc2c1=O. The second kappa shape index (κ2) is 7.05. The third-order valence-electron chi connectivity index (χ3n) is 4.89. The van der Waals surface area contributed by atoms with Crippen LogP contribution in [0.25, 0.3) is 27.1 Å². The maximum absolute atomic E-state index is 12.7. The Hall–Kier alpha value is -3.56. The zero-order valence-electron chi connectivity index (χ0n) is 15.7. The highest BCUT2D eigenvalue weighted by atomic mass is 32.1. The van der Waals surface area contributed by atoms with Crippen LogP contribution in [0.3, 0.4) is 0 Å². The monoisotopic (exact) mass is 433 g/mol. The smallest absolute Gasteiger partial charge is 0.261 e. The third-order valence-corrected chi connectivity index (χ3v) is 6.04. The Morgan fingerprint density at radius 1 is 1.20 bits per heavy atom. The van der Waals surface area contributed by atoms with E-state index in [4.69, 9.17) is 12.2 Å². The normalized spacial score (nSPS) is 11.2. The maximum atomic E-state index is 12.7. The average molecular weight is 434 g/mol. The topological polar surface area (TPSA) is 84.2 Å². The van der Waals surface area contributed by atoms with E-state index in [9.17, 15) is 9.59 Å². The summed E-state index contributed by atoms with van der Waals surface area (Å²) in [7, 11) is 1.61. The van der Waals surface area contributed by atoms with Crippen molar-refractivity contribution in [1.82, 2.24) is 18.9 Å². The highest BCUT2D eigenvalue weighted by Crippen LogP contribution is 2.23. The van der Waals surface area contributed by atoms with Gasteiger partial charge in [-0.3, -0.25) is 18.6 Å². The number of fused-ring (bicyclic) bond motifs is 2. The Morgan fingerprint density at radius 2 is 2.00 bits per heavy atom. The van der Waals surface area contributed by atoms with Gasteiger partial charge in [-0.25, -0.2) is 4.98 Å². The maximum Gasteiger partial charge on any atom is 0.261 e. The number of hydrogen-bond donors (Lipinski definition) is 2. The van der Waals surface area contributed by atoms with Crippen molar-refractivity contribution in [2.45, 2.75) is 0 Å². The van der Waals surface area contributed by atoms with Gasteiger partial charge in [0.2, 0.25) is 0 Å². The fraction of sp³-hybridized carbons (Fsp3) is 0.0476. The summed E-state index contributed by atoms with van der Waals surface area (Å²) >= 11 is 6.73. The fourth-order valence-electron chi connectivity index (χ4n) is 3.24. The minimum atomic E-state index is -0.271. The second-order valence-corrected chi connectivity index (χ2v) is 8.06. The largest absolute Gasteiger partial charge is 0.332 e. The van der Waals surface area contributed by atoms with Crippen molar-refractivity contribution in [2.75, 3.05) is 5.32 Å². The lowest BCUT2D eigenvalue weighted by molar-refractivity contribution is 0.102. The Bertz CT molecular complexity index is 1510. The number of thiazole rings is 1. The molecule has 3 aromatic heterocycles. The predicted molar refractivity (Wildman–Crippen MR) is 121 cm³/mol. The van der Waals surface area contributed by atoms with Gasteiger partial charge in [0.05, 0.1) is 16.6 Å². The van der Waals surface area contributed by atoms with Gasteiger partial charge in [0.25, 0.3) is 11.5 Å². The van der Waals surface area contributed by atoms with Crippen LogP contribution in [0.5, 0.6) is 0 Å². The molecule has 2 N–H and O–H groups in total. The molecule has 0 fully saturated rings. The lowest BCUT2D eigenvalue weighted by Crippen LogP contribution is -2.19. The van der Waals surface area contributed by atoms with Crippen molar-refractivity contribution in [3.8, 4) is 11.3 Å². The Labute approximate surface area is 179 Å². The number of imidazole rings is 1. The number of anilines is 1. The summed E-state index contributed by atoms with van der Waals surface area (Å²) < 4.78 is 3.65. The van der Waals surface area contributed by atoms with Crippen molar-refractivity contribution < 1.29 is 4.79 Å². The molecule has 148 valence electrons. The first kappa shape index (κ1) is 18.5. The van der Waals surface area contributed by atoms with Gasteiger partial charge in [-0.05, 0) is 42.5 Å². The molecule has 0 saturated carbocycles. The molecule has 5 rings (SSSR count). The van der Waals surface area contributed by atoms with E-state index in [0.717, 1.165) is 16.2 Å². The van der Waals surface area contributed by atoms with Gasteiger partial charge in [0.15, 0.2) is 9.73 Å². The first-order valence-corrected chi connectivity index (χ1v) is 10.4. The molecule has 9 heteroatoms. The fourth-order valence-corrected chi connectivity index (χ4v) is 4.13. The average Bonchev–Trinajstić information content (AvgIpc) is 3.35. The molecule has 2 aromatic carbocycles. The molecule has 0 aliphatic rings. The van der Waals surface area contributed by atoms with E-state index in [1.165, 1.54) is 4.57 Å². The minimum Gasteiger partial charge on any atom is -0.332 e. The third kappa shape index (κ3) is 3.14. The molecular formula is C21H15N5O2S2. The number of aromatic amines is 1. The molecule has 0 aliphatic heterocycles. The van der Waals surface area contributed by atoms with Gasteiger partial charge in [-0.1, -0.05) is 12.1 Å². The van der Waals surface area contributed by atoms with Gasteiger partial charge in [0, 0.05) is 41.6 Å². The number of aromatic nitrogens is 4. The van der Waals surface area contributed by atoms with Crippen molar-refractivity contribution in [3.63, 3.8) is 0 Å². The number of carbonyl (C=O) groups excluding carboxylic acids is 1. The van der Waals surface area contributed by atoms with E-state index < -0.39 is 0 Å². The molecule has 30 heavy (non-hydrogen) atoms. The molecule has 0 saturated heterocycles. The highest BCUT2D eigenvalue weighted by molar-refractivity contribution is 7.71. The van der Waals surface area contributed by atoms with Crippen LogP contribution in [0.2, 0.25) is 0 Å². The Morgan fingerprint density at radius 3 is 2.77 bits per heavy atom. The van der Waals surface area contributed by atoms with Crippen molar-refractivity contribution in [1.29, 1.82) is 0 Å². The summed E-state index contributed by atoms with van der Waals surface area (Å²) in [6.45, 7) is 0. The van der Waals surface area contributed by atoms with Crippen LogP contribution in [-0.4, -0.2) is 24.8 Å². The van der Waals surface area contributed by atoms with Crippen LogP contribution >= 0.6 is 23.6 Å². The quantitative estimate of drug-likeness (QED) is 0.417. The van der Waals surface area contributed by atoms with E-state index in [0.29, 0.717) is 26.9 Å². The number of nitrogens with one attached hydrogen (secondary N) is 2. The number of benzene rings is 2. The summed E-state index contributed by atoms with van der Waals surface area (Å²) in [6, 6.07) is 12.4. The predicted octanol–water partition coefficient (Wildman–Crippen LogP) is 4.22. The number of nitrogens with zero attached hydrogens (tertiary/aromatic N) is 3. The lowest BCUT2D eigenvalue weighted by atomic mass is 10.1. The molecule has 3 heterocycles. The molecule has 0 bridgehead atoms. The molecule has 0 unspecified atom stereocenters. The van der Waals surface area contributed by atoms with Crippen LogP contribution in [0.4, 0.5) is 5.69 Å². The lowest BCUT2D eigenvalue weighted by Gasteiger charge is -2.08. The van der Waals surface area contributed by atoms with Crippen molar-refractivity contribution >= 4 is 51.0 Å². The molecule has 1 amide bonds. The van der Waals surface area contributed by atoms with Crippen LogP contribution in [0, 0.1) is 4.77 Å². The van der Waals surface area contributed by atoms with Gasteiger partial charge in [0.1, 0.15) is 0 Å². The van der Waals surface area contributed by atoms with Crippen LogP contribution < -0.4 is 10.9 Å². The second-order valence-electron chi connectivity index (χ2n) is 6.81. The zero-order valence-corrected chi connectivity index (χ0v) is 17.4. The molecular weight excluding hydrogens is 418 g/mol. The highest BCUT2D eigenvalue weighted by Gasteiger charge is 2.11. The van der Waals surface area contributed by atoms with E-state index in [1.807, 2.05) is 46.4 Å².